The van der Waals surface area contributed by atoms with Crippen LogP contribution >= 0.6 is 0 Å². The van der Waals surface area contributed by atoms with E-state index >= 15 is 0 Å². The van der Waals surface area contributed by atoms with Crippen LogP contribution in [0.1, 0.15) is 12.5 Å². The lowest BCUT2D eigenvalue weighted by Gasteiger charge is -2.18. The van der Waals surface area contributed by atoms with Gasteiger partial charge in [-0.3, -0.25) is 9.69 Å². The van der Waals surface area contributed by atoms with Crippen LogP contribution in [0.3, 0.4) is 0 Å². The molecule has 1 N–H and O–H groups in total. The number of aromatic hydroxyl groups is 1. The first-order valence-electron chi connectivity index (χ1n) is 8.37. The molecule has 2 aromatic carbocycles. The van der Waals surface area contributed by atoms with Gasteiger partial charge in [0.2, 0.25) is 0 Å². The molecule has 1 amide bonds. The van der Waals surface area contributed by atoms with E-state index in [1.165, 1.54) is 45.4 Å². The van der Waals surface area contributed by atoms with E-state index in [2.05, 4.69) is 0 Å². The summed E-state index contributed by atoms with van der Waals surface area (Å²) in [5, 5.41) is 10.3. The Hall–Kier alpha value is -3.61. The lowest BCUT2D eigenvalue weighted by Crippen LogP contribution is -2.25. The molecule has 0 saturated carbocycles. The molecule has 0 aromatic heterocycles. The zero-order valence-corrected chi connectivity index (χ0v) is 15.5. The van der Waals surface area contributed by atoms with Crippen LogP contribution in [-0.2, 0) is 14.3 Å². The van der Waals surface area contributed by atoms with Crippen LogP contribution in [0.5, 0.6) is 11.5 Å². The maximum Gasteiger partial charge on any atom is 0.340 e. The fourth-order valence-corrected chi connectivity index (χ4v) is 3.08. The third-order valence-electron chi connectivity index (χ3n) is 4.43. The Labute approximate surface area is 161 Å². The Kier molecular flexibility index (Phi) is 5.17. The van der Waals surface area contributed by atoms with E-state index in [0.29, 0.717) is 0 Å². The summed E-state index contributed by atoms with van der Waals surface area (Å²) < 4.78 is 24.2. The lowest BCUT2D eigenvalue weighted by atomic mass is 10.0. The Morgan fingerprint density at radius 1 is 1.14 bits per heavy atom. The van der Waals surface area contributed by atoms with E-state index in [-0.39, 0.29) is 39.6 Å². The van der Waals surface area contributed by atoms with Gasteiger partial charge in [0.05, 0.1) is 31.1 Å². The molecule has 0 spiro atoms. The second-order valence-electron chi connectivity index (χ2n) is 6.00. The fraction of sp³-hybridized carbons (Fsp3) is 0.143. The number of amides is 1. The predicted molar refractivity (Wildman–Crippen MR) is 101 cm³/mol. The van der Waals surface area contributed by atoms with Gasteiger partial charge in [-0.25, -0.2) is 9.18 Å². The number of phenols is 1. The number of rotatable bonds is 4. The Morgan fingerprint density at radius 3 is 2.50 bits per heavy atom. The average Bonchev–Trinajstić information content (AvgIpc) is 2.93. The van der Waals surface area contributed by atoms with Crippen molar-refractivity contribution in [3.63, 3.8) is 0 Å². The molecule has 0 fully saturated rings. The van der Waals surface area contributed by atoms with Crippen LogP contribution in [-0.4, -0.2) is 31.2 Å². The van der Waals surface area contributed by atoms with Crippen molar-refractivity contribution < 1.29 is 28.6 Å². The van der Waals surface area contributed by atoms with Crippen LogP contribution < -0.4 is 9.64 Å². The zero-order chi connectivity index (χ0) is 20.4. The van der Waals surface area contributed by atoms with Gasteiger partial charge in [0, 0.05) is 11.3 Å². The van der Waals surface area contributed by atoms with Crippen molar-refractivity contribution in [2.75, 3.05) is 19.1 Å². The van der Waals surface area contributed by atoms with Crippen molar-refractivity contribution in [3.8, 4) is 11.5 Å². The first-order chi connectivity index (χ1) is 13.4. The van der Waals surface area contributed by atoms with Gasteiger partial charge >= 0.3 is 5.97 Å². The molecule has 3 rings (SSSR count). The van der Waals surface area contributed by atoms with E-state index < -0.39 is 17.7 Å². The minimum atomic E-state index is -0.738. The van der Waals surface area contributed by atoms with Crippen LogP contribution in [0.4, 0.5) is 10.1 Å². The summed E-state index contributed by atoms with van der Waals surface area (Å²) in [7, 11) is 2.59. The second-order valence-corrected chi connectivity index (χ2v) is 6.00. The molecule has 7 heteroatoms. The van der Waals surface area contributed by atoms with E-state index in [1.54, 1.807) is 24.3 Å². The molecule has 0 saturated heterocycles. The SMILES string of the molecule is COC(=O)C1=C(C)N(c2ccccc2F)C(=O)/C1=C\c1cccc(OC)c1O. The number of methoxy groups -OCH3 is 2. The number of hydrogen-bond donors (Lipinski definition) is 1. The number of allylic oxidation sites excluding steroid dienone is 1. The smallest absolute Gasteiger partial charge is 0.340 e. The number of phenolic OH excluding ortho intramolecular Hbond substituents is 1. The van der Waals surface area contributed by atoms with Crippen molar-refractivity contribution in [1.82, 2.24) is 0 Å². The number of carbonyl (C=O) groups is 2. The van der Waals surface area contributed by atoms with Gasteiger partial charge in [-0.15, -0.1) is 0 Å². The summed E-state index contributed by atoms with van der Waals surface area (Å²) in [4.78, 5) is 26.6. The number of halogens is 1. The molecule has 0 bridgehead atoms. The summed E-state index contributed by atoms with van der Waals surface area (Å²) in [5.41, 5.74) is 0.502. The molecule has 144 valence electrons. The van der Waals surface area contributed by atoms with Gasteiger partial charge in [0.15, 0.2) is 11.5 Å². The van der Waals surface area contributed by atoms with Gasteiger partial charge in [0.1, 0.15) is 5.82 Å². The van der Waals surface area contributed by atoms with E-state index in [9.17, 15) is 19.1 Å². The summed E-state index contributed by atoms with van der Waals surface area (Å²) >= 11 is 0. The minimum absolute atomic E-state index is 0.00188. The molecular weight excluding hydrogens is 365 g/mol. The summed E-state index contributed by atoms with van der Waals surface area (Å²) in [6, 6.07) is 10.5. The molecule has 1 heterocycles. The highest BCUT2D eigenvalue weighted by atomic mass is 19.1. The highest BCUT2D eigenvalue weighted by Crippen LogP contribution is 2.38. The highest BCUT2D eigenvalue weighted by Gasteiger charge is 2.39. The molecule has 6 nitrogen and oxygen atoms in total. The quantitative estimate of drug-likeness (QED) is 0.647. The summed E-state index contributed by atoms with van der Waals surface area (Å²) in [5.74, 6) is -1.92. The van der Waals surface area contributed by atoms with Crippen LogP contribution in [0.15, 0.2) is 59.3 Å². The lowest BCUT2D eigenvalue weighted by molar-refractivity contribution is -0.136. The first-order valence-corrected chi connectivity index (χ1v) is 8.37. The zero-order valence-electron chi connectivity index (χ0n) is 15.5. The van der Waals surface area contributed by atoms with Crippen molar-refractivity contribution >= 4 is 23.6 Å². The molecule has 2 aromatic rings. The molecule has 1 aliphatic rings. The number of esters is 1. The monoisotopic (exact) mass is 383 g/mol. The third-order valence-corrected chi connectivity index (χ3v) is 4.43. The normalized spacial score (nSPS) is 15.4. The van der Waals surface area contributed by atoms with E-state index in [1.807, 2.05) is 0 Å². The number of ether oxygens (including phenoxy) is 2. The van der Waals surface area contributed by atoms with Crippen LogP contribution in [0.2, 0.25) is 0 Å². The van der Waals surface area contributed by atoms with Gasteiger partial charge in [-0.05, 0) is 31.2 Å². The largest absolute Gasteiger partial charge is 0.504 e. The molecule has 0 aliphatic carbocycles. The Balaban J connectivity index is 2.20. The number of anilines is 1. The van der Waals surface area contributed by atoms with Crippen molar-refractivity contribution in [2.24, 2.45) is 0 Å². The predicted octanol–water partition coefficient (Wildman–Crippen LogP) is 3.42. The number of nitrogens with zero attached hydrogens (tertiary/aromatic N) is 1. The standard InChI is InChI=1S/C21H18FNO5/c1-12-18(21(26)28-3)14(11-13-7-6-10-17(27-2)19(13)24)20(25)23(12)16-9-5-4-8-15(16)22/h4-11,24H,1-3H3/b14-11-. The van der Waals surface area contributed by atoms with Gasteiger partial charge in [-0.1, -0.05) is 24.3 Å². The highest BCUT2D eigenvalue weighted by molar-refractivity contribution is 6.24. The number of benzene rings is 2. The third kappa shape index (κ3) is 3.11. The fourth-order valence-electron chi connectivity index (χ4n) is 3.08. The number of hydrogen-bond acceptors (Lipinski definition) is 5. The van der Waals surface area contributed by atoms with Crippen molar-refractivity contribution in [3.05, 3.63) is 70.7 Å². The van der Waals surface area contributed by atoms with Gasteiger partial charge in [0.25, 0.3) is 5.91 Å². The number of carbonyl (C=O) groups excluding carboxylic acids is 2. The van der Waals surface area contributed by atoms with Crippen molar-refractivity contribution in [1.29, 1.82) is 0 Å². The Bertz CT molecular complexity index is 1030. The maximum absolute atomic E-state index is 14.3. The van der Waals surface area contributed by atoms with Crippen LogP contribution in [0, 0.1) is 5.82 Å². The average molecular weight is 383 g/mol. The summed E-state index contributed by atoms with van der Waals surface area (Å²) in [6.07, 6.45) is 1.36. The molecule has 1 aliphatic heterocycles. The Morgan fingerprint density at radius 2 is 1.86 bits per heavy atom. The molecular formula is C21H18FNO5. The maximum atomic E-state index is 14.3. The molecule has 0 radical (unpaired) electrons. The molecule has 0 atom stereocenters. The van der Waals surface area contributed by atoms with Crippen molar-refractivity contribution in [2.45, 2.75) is 6.92 Å². The molecule has 28 heavy (non-hydrogen) atoms. The first kappa shape index (κ1) is 19.2. The number of para-hydroxylation sites is 2. The summed E-state index contributed by atoms with van der Waals surface area (Å²) in [6.45, 7) is 1.53. The topological polar surface area (TPSA) is 76.1 Å². The minimum Gasteiger partial charge on any atom is -0.504 e. The second kappa shape index (κ2) is 7.56. The van der Waals surface area contributed by atoms with E-state index in [0.717, 1.165) is 4.90 Å². The van der Waals surface area contributed by atoms with Gasteiger partial charge < -0.3 is 14.6 Å². The van der Waals surface area contributed by atoms with E-state index in [4.69, 9.17) is 9.47 Å². The van der Waals surface area contributed by atoms with Crippen LogP contribution in [0.25, 0.3) is 6.08 Å². The van der Waals surface area contributed by atoms with Gasteiger partial charge in [-0.2, -0.15) is 0 Å². The molecule has 0 unspecified atom stereocenters.